The second kappa shape index (κ2) is 5.39. The van der Waals surface area contributed by atoms with Crippen LogP contribution in [0, 0.1) is 0 Å². The molecule has 0 aliphatic rings. The first-order valence-corrected chi connectivity index (χ1v) is 6.67. The lowest BCUT2D eigenvalue weighted by Crippen LogP contribution is -2.06. The van der Waals surface area contributed by atoms with E-state index < -0.39 is 17.7 Å². The molecule has 0 aliphatic heterocycles. The third-order valence-electron chi connectivity index (χ3n) is 3.44. The van der Waals surface area contributed by atoms with Crippen LogP contribution in [0.2, 0.25) is 0 Å². The molecule has 3 aromatic rings. The molecule has 3 nitrogen and oxygen atoms in total. The molecule has 0 fully saturated rings. The van der Waals surface area contributed by atoms with E-state index in [1.54, 1.807) is 30.3 Å². The molecule has 0 radical (unpaired) electrons. The Hall–Kier alpha value is -2.89. The van der Waals surface area contributed by atoms with Gasteiger partial charge in [0, 0.05) is 10.9 Å². The van der Waals surface area contributed by atoms with Crippen LogP contribution in [-0.4, -0.2) is 16.1 Å². The highest BCUT2D eigenvalue weighted by Gasteiger charge is 2.31. The van der Waals surface area contributed by atoms with Crippen molar-refractivity contribution in [1.29, 1.82) is 0 Å². The minimum absolute atomic E-state index is 0.00132. The number of aromatic carboxylic acids is 1. The average Bonchev–Trinajstić information content (AvgIpc) is 2.53. The van der Waals surface area contributed by atoms with E-state index in [2.05, 4.69) is 4.98 Å². The highest BCUT2D eigenvalue weighted by atomic mass is 19.4. The van der Waals surface area contributed by atoms with E-state index >= 15 is 0 Å². The van der Waals surface area contributed by atoms with Crippen molar-refractivity contribution >= 4 is 16.9 Å². The van der Waals surface area contributed by atoms with Crippen molar-refractivity contribution in [3.05, 3.63) is 65.7 Å². The van der Waals surface area contributed by atoms with Crippen molar-refractivity contribution in [2.45, 2.75) is 6.18 Å². The number of fused-ring (bicyclic) bond motifs is 1. The van der Waals surface area contributed by atoms with Gasteiger partial charge in [-0.25, -0.2) is 9.78 Å². The molecule has 1 heterocycles. The van der Waals surface area contributed by atoms with Gasteiger partial charge < -0.3 is 5.11 Å². The third-order valence-corrected chi connectivity index (χ3v) is 3.44. The standard InChI is InChI=1S/C17H10F3NO2/c18-17(19,20)11-6-7-12-13(16(22)23)9-14(21-15(12)8-11)10-4-2-1-3-5-10/h1-9H,(H,22,23). The third kappa shape index (κ3) is 2.88. The molecule has 0 aliphatic carbocycles. The quantitative estimate of drug-likeness (QED) is 0.750. The van der Waals surface area contributed by atoms with E-state index in [1.807, 2.05) is 0 Å². The van der Waals surface area contributed by atoms with Gasteiger partial charge in [0.25, 0.3) is 0 Å². The van der Waals surface area contributed by atoms with Crippen LogP contribution < -0.4 is 0 Å². The Morgan fingerprint density at radius 1 is 1.00 bits per heavy atom. The summed E-state index contributed by atoms with van der Waals surface area (Å²) in [5, 5.41) is 9.50. The highest BCUT2D eigenvalue weighted by Crippen LogP contribution is 2.33. The zero-order valence-electron chi connectivity index (χ0n) is 11.6. The summed E-state index contributed by atoms with van der Waals surface area (Å²) in [6.45, 7) is 0. The fourth-order valence-corrected chi connectivity index (χ4v) is 2.34. The van der Waals surface area contributed by atoms with Gasteiger partial charge in [-0.2, -0.15) is 13.2 Å². The second-order valence-electron chi connectivity index (χ2n) is 4.96. The smallest absolute Gasteiger partial charge is 0.416 e. The number of carboxylic acid groups (broad SMARTS) is 1. The zero-order chi connectivity index (χ0) is 16.6. The van der Waals surface area contributed by atoms with E-state index in [9.17, 15) is 23.1 Å². The number of carbonyl (C=O) groups is 1. The Bertz CT molecular complexity index is 889. The molecule has 1 N–H and O–H groups in total. The van der Waals surface area contributed by atoms with Gasteiger partial charge in [-0.15, -0.1) is 0 Å². The van der Waals surface area contributed by atoms with Crippen LogP contribution in [0.15, 0.2) is 54.6 Å². The van der Waals surface area contributed by atoms with Crippen molar-refractivity contribution < 1.29 is 23.1 Å². The van der Waals surface area contributed by atoms with Crippen LogP contribution in [0.3, 0.4) is 0 Å². The summed E-state index contributed by atoms with van der Waals surface area (Å²) in [5.74, 6) is -1.21. The molecule has 0 saturated heterocycles. The van der Waals surface area contributed by atoms with Gasteiger partial charge in [0.2, 0.25) is 0 Å². The molecule has 3 rings (SSSR count). The number of halogens is 3. The molecule has 116 valence electrons. The van der Waals surface area contributed by atoms with Crippen LogP contribution >= 0.6 is 0 Å². The fraction of sp³-hybridized carbons (Fsp3) is 0.0588. The predicted octanol–water partition coefficient (Wildman–Crippen LogP) is 4.62. The Morgan fingerprint density at radius 3 is 2.30 bits per heavy atom. The maximum absolute atomic E-state index is 12.9. The number of nitrogens with zero attached hydrogens (tertiary/aromatic N) is 1. The molecule has 1 aromatic heterocycles. The molecular formula is C17H10F3NO2. The summed E-state index contributed by atoms with van der Waals surface area (Å²) in [5.41, 5.74) is 0.00402. The summed E-state index contributed by atoms with van der Waals surface area (Å²) in [4.78, 5) is 15.6. The molecule has 6 heteroatoms. The lowest BCUT2D eigenvalue weighted by atomic mass is 10.0. The predicted molar refractivity (Wildman–Crippen MR) is 79.1 cm³/mol. The van der Waals surface area contributed by atoms with E-state index in [0.717, 1.165) is 18.2 Å². The van der Waals surface area contributed by atoms with Crippen LogP contribution in [0.25, 0.3) is 22.2 Å². The Labute approximate surface area is 129 Å². The van der Waals surface area contributed by atoms with Gasteiger partial charge >= 0.3 is 12.1 Å². The minimum atomic E-state index is -4.51. The topological polar surface area (TPSA) is 50.2 Å². The van der Waals surface area contributed by atoms with Crippen LogP contribution in [0.5, 0.6) is 0 Å². The molecule has 0 bridgehead atoms. The number of aromatic nitrogens is 1. The van der Waals surface area contributed by atoms with Gasteiger partial charge in [0.05, 0.1) is 22.3 Å². The molecule has 0 amide bonds. The Kier molecular flexibility index (Phi) is 3.52. The second-order valence-corrected chi connectivity index (χ2v) is 4.96. The van der Waals surface area contributed by atoms with E-state index in [1.165, 1.54) is 6.07 Å². The monoisotopic (exact) mass is 317 g/mol. The number of hydrogen-bond donors (Lipinski definition) is 1. The number of hydrogen-bond acceptors (Lipinski definition) is 2. The number of carboxylic acids is 1. The van der Waals surface area contributed by atoms with Crippen molar-refractivity contribution in [2.24, 2.45) is 0 Å². The maximum Gasteiger partial charge on any atom is 0.416 e. The van der Waals surface area contributed by atoms with E-state index in [-0.39, 0.29) is 16.5 Å². The summed E-state index contributed by atoms with van der Waals surface area (Å²) < 4.78 is 38.6. The van der Waals surface area contributed by atoms with Gasteiger partial charge in [-0.1, -0.05) is 36.4 Å². The minimum Gasteiger partial charge on any atom is -0.478 e. The SMILES string of the molecule is O=C(O)c1cc(-c2ccccc2)nc2cc(C(F)(F)F)ccc12. The average molecular weight is 317 g/mol. The number of alkyl halides is 3. The normalized spacial score (nSPS) is 11.6. The summed E-state index contributed by atoms with van der Waals surface area (Å²) in [7, 11) is 0. The van der Waals surface area contributed by atoms with Crippen LogP contribution in [0.1, 0.15) is 15.9 Å². The molecule has 0 spiro atoms. The van der Waals surface area contributed by atoms with Gasteiger partial charge in [-0.3, -0.25) is 0 Å². The van der Waals surface area contributed by atoms with Crippen molar-refractivity contribution in [2.75, 3.05) is 0 Å². The first-order chi connectivity index (χ1) is 10.9. The highest BCUT2D eigenvalue weighted by molar-refractivity contribution is 6.03. The maximum atomic E-state index is 12.9. The summed E-state index contributed by atoms with van der Waals surface area (Å²) in [6.07, 6.45) is -4.51. The first kappa shape index (κ1) is 15.0. The number of benzene rings is 2. The largest absolute Gasteiger partial charge is 0.478 e. The van der Waals surface area contributed by atoms with Gasteiger partial charge in [0.15, 0.2) is 0 Å². The van der Waals surface area contributed by atoms with E-state index in [4.69, 9.17) is 0 Å². The lowest BCUT2D eigenvalue weighted by Gasteiger charge is -2.10. The Balaban J connectivity index is 2.30. The number of pyridine rings is 1. The van der Waals surface area contributed by atoms with Gasteiger partial charge in [0.1, 0.15) is 0 Å². The van der Waals surface area contributed by atoms with E-state index in [0.29, 0.717) is 11.3 Å². The fourth-order valence-electron chi connectivity index (χ4n) is 2.34. The summed E-state index contributed by atoms with van der Waals surface area (Å²) >= 11 is 0. The molecular weight excluding hydrogens is 307 g/mol. The van der Waals surface area contributed by atoms with Crippen molar-refractivity contribution in [3.63, 3.8) is 0 Å². The van der Waals surface area contributed by atoms with Crippen molar-refractivity contribution in [3.8, 4) is 11.3 Å². The molecule has 0 atom stereocenters. The Morgan fingerprint density at radius 2 is 1.70 bits per heavy atom. The van der Waals surface area contributed by atoms with Crippen LogP contribution in [0.4, 0.5) is 13.2 Å². The molecule has 23 heavy (non-hydrogen) atoms. The first-order valence-electron chi connectivity index (χ1n) is 6.67. The molecule has 2 aromatic carbocycles. The lowest BCUT2D eigenvalue weighted by molar-refractivity contribution is -0.137. The van der Waals surface area contributed by atoms with Crippen LogP contribution in [-0.2, 0) is 6.18 Å². The molecule has 0 unspecified atom stereocenters. The zero-order valence-corrected chi connectivity index (χ0v) is 11.6. The van der Waals surface area contributed by atoms with Gasteiger partial charge in [-0.05, 0) is 18.2 Å². The number of rotatable bonds is 2. The van der Waals surface area contributed by atoms with Crippen molar-refractivity contribution in [1.82, 2.24) is 4.98 Å². The molecule has 0 saturated carbocycles. The summed E-state index contributed by atoms with van der Waals surface area (Å²) in [6, 6.07) is 12.9.